The molecular formula is C29H33Cl2N3O4S. The van der Waals surface area contributed by atoms with Gasteiger partial charge in [-0.15, -0.1) is 0 Å². The predicted octanol–water partition coefficient (Wildman–Crippen LogP) is 5.31. The zero-order chi connectivity index (χ0) is 28.6. The number of sulfonamides is 1. The predicted molar refractivity (Wildman–Crippen MR) is 157 cm³/mol. The van der Waals surface area contributed by atoms with E-state index in [4.69, 9.17) is 23.2 Å². The summed E-state index contributed by atoms with van der Waals surface area (Å²) in [4.78, 5) is 29.1. The zero-order valence-electron chi connectivity index (χ0n) is 22.2. The second-order valence-electron chi connectivity index (χ2n) is 9.40. The van der Waals surface area contributed by atoms with Crippen molar-refractivity contribution in [3.8, 4) is 0 Å². The van der Waals surface area contributed by atoms with E-state index in [1.807, 2.05) is 44.2 Å². The van der Waals surface area contributed by atoms with E-state index in [1.54, 1.807) is 48.5 Å². The summed E-state index contributed by atoms with van der Waals surface area (Å²) in [7, 11) is -3.81. The fourth-order valence-electron chi connectivity index (χ4n) is 4.04. The van der Waals surface area contributed by atoms with Gasteiger partial charge in [-0.05, 0) is 48.7 Å². The van der Waals surface area contributed by atoms with Crippen molar-refractivity contribution >= 4 is 50.7 Å². The molecular weight excluding hydrogens is 557 g/mol. The molecule has 0 unspecified atom stereocenters. The fraction of sp³-hybridized carbons (Fsp3) is 0.310. The van der Waals surface area contributed by atoms with Gasteiger partial charge in [-0.1, -0.05) is 84.7 Å². The van der Waals surface area contributed by atoms with Crippen LogP contribution in [-0.4, -0.2) is 50.0 Å². The molecule has 0 bridgehead atoms. The first-order chi connectivity index (χ1) is 18.5. The first kappa shape index (κ1) is 30.5. The molecule has 0 saturated carbocycles. The second kappa shape index (κ2) is 13.8. The summed E-state index contributed by atoms with van der Waals surface area (Å²) in [6.45, 7) is 3.39. The van der Waals surface area contributed by atoms with E-state index < -0.39 is 28.5 Å². The van der Waals surface area contributed by atoms with Crippen LogP contribution in [0, 0.1) is 0 Å². The van der Waals surface area contributed by atoms with Crippen molar-refractivity contribution in [3.63, 3.8) is 0 Å². The minimum Gasteiger partial charge on any atom is -0.352 e. The smallest absolute Gasteiger partial charge is 0.244 e. The number of nitrogens with zero attached hydrogens (tertiary/aromatic N) is 2. The molecule has 3 rings (SSSR count). The van der Waals surface area contributed by atoms with Crippen molar-refractivity contribution in [1.29, 1.82) is 0 Å². The van der Waals surface area contributed by atoms with Crippen LogP contribution < -0.4 is 9.62 Å². The van der Waals surface area contributed by atoms with Crippen LogP contribution in [0.25, 0.3) is 0 Å². The number of carbonyl (C=O) groups excluding carboxylic acids is 2. The number of halogens is 2. The topological polar surface area (TPSA) is 86.8 Å². The number of benzene rings is 3. The van der Waals surface area contributed by atoms with Crippen LogP contribution in [0.2, 0.25) is 10.0 Å². The third-order valence-corrected chi connectivity index (χ3v) is 8.21. The van der Waals surface area contributed by atoms with Crippen molar-refractivity contribution in [2.45, 2.75) is 45.3 Å². The van der Waals surface area contributed by atoms with Gasteiger partial charge in [0.1, 0.15) is 12.6 Å². The van der Waals surface area contributed by atoms with E-state index in [2.05, 4.69) is 5.32 Å². The molecule has 208 valence electrons. The summed E-state index contributed by atoms with van der Waals surface area (Å²) < 4.78 is 26.6. The molecule has 1 N–H and O–H groups in total. The van der Waals surface area contributed by atoms with Crippen LogP contribution in [0.1, 0.15) is 31.4 Å². The van der Waals surface area contributed by atoms with Crippen molar-refractivity contribution in [1.82, 2.24) is 10.2 Å². The van der Waals surface area contributed by atoms with E-state index in [1.165, 1.54) is 4.90 Å². The molecule has 0 aromatic heterocycles. The number of rotatable bonds is 12. The average Bonchev–Trinajstić information content (AvgIpc) is 2.91. The monoisotopic (exact) mass is 589 g/mol. The average molecular weight is 591 g/mol. The molecule has 3 aromatic rings. The maximum absolute atomic E-state index is 14.0. The fourth-order valence-corrected chi connectivity index (χ4v) is 5.21. The number of carbonyl (C=O) groups is 2. The normalized spacial score (nSPS) is 12.8. The van der Waals surface area contributed by atoms with Gasteiger partial charge in [0, 0.05) is 19.0 Å². The van der Waals surface area contributed by atoms with Crippen molar-refractivity contribution < 1.29 is 18.0 Å². The summed E-state index contributed by atoms with van der Waals surface area (Å²) in [5, 5.41) is 3.67. The molecule has 0 heterocycles. The lowest BCUT2D eigenvalue weighted by Gasteiger charge is -2.34. The second-order valence-corrected chi connectivity index (χ2v) is 12.1. The van der Waals surface area contributed by atoms with Gasteiger partial charge in [-0.2, -0.15) is 0 Å². The highest BCUT2D eigenvalue weighted by atomic mass is 35.5. The summed E-state index contributed by atoms with van der Waals surface area (Å²) in [6, 6.07) is 21.7. The first-order valence-electron chi connectivity index (χ1n) is 12.6. The highest BCUT2D eigenvalue weighted by Gasteiger charge is 2.33. The Labute approximate surface area is 240 Å². The Bertz CT molecular complexity index is 1370. The van der Waals surface area contributed by atoms with Crippen LogP contribution in [-0.2, 0) is 32.6 Å². The van der Waals surface area contributed by atoms with Crippen molar-refractivity contribution in [2.24, 2.45) is 0 Å². The van der Waals surface area contributed by atoms with Gasteiger partial charge in [0.2, 0.25) is 21.8 Å². The SMILES string of the molecule is CC[C@@H](C)NC(=O)[C@H](Cc1ccccc1)N(Cc1ccc(Cl)c(Cl)c1)C(=O)CN(c1ccccc1)S(C)(=O)=O. The molecule has 2 atom stereocenters. The van der Waals surface area contributed by atoms with Gasteiger partial charge < -0.3 is 10.2 Å². The Kier molecular flexibility index (Phi) is 10.8. The van der Waals surface area contributed by atoms with Crippen LogP contribution >= 0.6 is 23.2 Å². The molecule has 0 aliphatic carbocycles. The Morgan fingerprint density at radius 1 is 0.897 bits per heavy atom. The number of amides is 2. The Hall–Kier alpha value is -3.07. The number of anilines is 1. The quantitative estimate of drug-likeness (QED) is 0.310. The van der Waals surface area contributed by atoms with Crippen LogP contribution in [0.5, 0.6) is 0 Å². The van der Waals surface area contributed by atoms with Gasteiger partial charge in [0.05, 0.1) is 22.0 Å². The third-order valence-electron chi connectivity index (χ3n) is 6.33. The molecule has 0 saturated heterocycles. The van der Waals surface area contributed by atoms with Crippen LogP contribution in [0.3, 0.4) is 0 Å². The highest BCUT2D eigenvalue weighted by Crippen LogP contribution is 2.25. The van der Waals surface area contributed by atoms with Gasteiger partial charge >= 0.3 is 0 Å². The largest absolute Gasteiger partial charge is 0.352 e. The molecule has 3 aromatic carbocycles. The van der Waals surface area contributed by atoms with Gasteiger partial charge in [0.15, 0.2) is 0 Å². The standard InChI is InChI=1S/C29H33Cl2N3O4S/c1-4-21(2)32-29(36)27(18-22-11-7-5-8-12-22)33(19-23-15-16-25(30)26(31)17-23)28(35)20-34(39(3,37)38)24-13-9-6-10-14-24/h5-17,21,27H,4,18-20H2,1-3H3,(H,32,36)/t21-,27+/m1/s1. The van der Waals surface area contributed by atoms with Crippen LogP contribution in [0.15, 0.2) is 78.9 Å². The van der Waals surface area contributed by atoms with Gasteiger partial charge in [0.25, 0.3) is 0 Å². The zero-order valence-corrected chi connectivity index (χ0v) is 24.5. The van der Waals surface area contributed by atoms with E-state index in [0.717, 1.165) is 16.1 Å². The lowest BCUT2D eigenvalue weighted by molar-refractivity contribution is -0.140. The molecule has 0 radical (unpaired) electrons. The lowest BCUT2D eigenvalue weighted by atomic mass is 10.0. The number of hydrogen-bond donors (Lipinski definition) is 1. The number of nitrogens with one attached hydrogen (secondary N) is 1. The Balaban J connectivity index is 2.06. The third kappa shape index (κ3) is 8.71. The number of para-hydroxylation sites is 1. The minimum atomic E-state index is -3.81. The molecule has 39 heavy (non-hydrogen) atoms. The van der Waals surface area contributed by atoms with Crippen molar-refractivity contribution in [2.75, 3.05) is 17.1 Å². The van der Waals surface area contributed by atoms with Gasteiger partial charge in [-0.25, -0.2) is 8.42 Å². The minimum absolute atomic E-state index is 0.0214. The maximum Gasteiger partial charge on any atom is 0.244 e. The number of hydrogen-bond acceptors (Lipinski definition) is 4. The van der Waals surface area contributed by atoms with E-state index in [-0.39, 0.29) is 24.9 Å². The maximum atomic E-state index is 14.0. The Morgan fingerprint density at radius 2 is 1.51 bits per heavy atom. The summed E-state index contributed by atoms with van der Waals surface area (Å²) >= 11 is 12.4. The molecule has 0 aliphatic heterocycles. The van der Waals surface area contributed by atoms with E-state index in [9.17, 15) is 18.0 Å². The first-order valence-corrected chi connectivity index (χ1v) is 15.2. The van der Waals surface area contributed by atoms with E-state index in [0.29, 0.717) is 27.7 Å². The molecule has 0 fully saturated rings. The molecule has 7 nitrogen and oxygen atoms in total. The summed E-state index contributed by atoms with van der Waals surface area (Å²) in [6.07, 6.45) is 1.99. The van der Waals surface area contributed by atoms with E-state index >= 15 is 0 Å². The van der Waals surface area contributed by atoms with Gasteiger partial charge in [-0.3, -0.25) is 13.9 Å². The molecule has 10 heteroatoms. The van der Waals surface area contributed by atoms with Crippen LogP contribution in [0.4, 0.5) is 5.69 Å². The molecule has 0 aliphatic rings. The summed E-state index contributed by atoms with van der Waals surface area (Å²) in [5.41, 5.74) is 1.86. The Morgan fingerprint density at radius 3 is 2.08 bits per heavy atom. The van der Waals surface area contributed by atoms with Crippen molar-refractivity contribution in [3.05, 3.63) is 100 Å². The molecule has 2 amide bonds. The highest BCUT2D eigenvalue weighted by molar-refractivity contribution is 7.92. The lowest BCUT2D eigenvalue weighted by Crippen LogP contribution is -2.54. The summed E-state index contributed by atoms with van der Waals surface area (Å²) in [5.74, 6) is -0.859. The molecule has 0 spiro atoms.